The highest BCUT2D eigenvalue weighted by Gasteiger charge is 2.62. The van der Waals surface area contributed by atoms with Gasteiger partial charge < -0.3 is 14.7 Å². The number of likely N-dealkylation sites (tertiary alicyclic amines) is 1. The summed E-state index contributed by atoms with van der Waals surface area (Å²) in [6.45, 7) is 3.23. The van der Waals surface area contributed by atoms with Gasteiger partial charge in [-0.15, -0.1) is 0 Å². The maximum atomic E-state index is 12.1. The summed E-state index contributed by atoms with van der Waals surface area (Å²) < 4.78 is 5.78. The van der Waals surface area contributed by atoms with E-state index in [1.54, 1.807) is 0 Å². The maximum absolute atomic E-state index is 12.1. The molecule has 1 N–H and O–H groups in total. The van der Waals surface area contributed by atoms with Crippen molar-refractivity contribution in [1.29, 1.82) is 0 Å². The van der Waals surface area contributed by atoms with Gasteiger partial charge in [0.05, 0.1) is 19.3 Å². The van der Waals surface area contributed by atoms with Crippen LogP contribution in [0, 0.1) is 23.7 Å². The van der Waals surface area contributed by atoms with Gasteiger partial charge in [-0.25, -0.2) is 0 Å². The van der Waals surface area contributed by atoms with Gasteiger partial charge in [0.1, 0.15) is 0 Å². The molecule has 1 amide bonds. The van der Waals surface area contributed by atoms with E-state index < -0.39 is 0 Å². The van der Waals surface area contributed by atoms with Crippen molar-refractivity contribution in [3.8, 4) is 0 Å². The van der Waals surface area contributed by atoms with E-state index in [9.17, 15) is 9.90 Å². The van der Waals surface area contributed by atoms with Crippen LogP contribution in [-0.2, 0) is 16.1 Å². The predicted molar refractivity (Wildman–Crippen MR) is 117 cm³/mol. The fourth-order valence-electron chi connectivity index (χ4n) is 6.03. The van der Waals surface area contributed by atoms with Gasteiger partial charge in [-0.05, 0) is 36.2 Å². The molecule has 0 aromatic heterocycles. The van der Waals surface area contributed by atoms with Crippen molar-refractivity contribution in [3.63, 3.8) is 0 Å². The monoisotopic (exact) mass is 418 g/mol. The molecule has 2 saturated carbocycles. The Bertz CT molecular complexity index is 936. The lowest BCUT2D eigenvalue weighted by Gasteiger charge is -2.25. The lowest BCUT2D eigenvalue weighted by atomic mass is 10.1. The molecule has 3 saturated heterocycles. The van der Waals surface area contributed by atoms with Crippen LogP contribution in [0.2, 0.25) is 0 Å². The molecule has 0 bridgehead atoms. The maximum Gasteiger partial charge on any atom is 0.228 e. The van der Waals surface area contributed by atoms with Gasteiger partial charge in [-0.3, -0.25) is 9.69 Å². The minimum atomic E-state index is -0.133. The minimum absolute atomic E-state index is 0.133. The number of benzene rings is 2. The molecule has 31 heavy (non-hydrogen) atoms. The summed E-state index contributed by atoms with van der Waals surface area (Å²) in [6, 6.07) is 21.4. The third-order valence-corrected chi connectivity index (χ3v) is 7.85. The molecule has 5 heteroatoms. The Balaban J connectivity index is 0.000000120. The third kappa shape index (κ3) is 3.49. The number of ether oxygens (including phenoxy) is 1. The first kappa shape index (κ1) is 19.5. The molecule has 2 aliphatic carbocycles. The summed E-state index contributed by atoms with van der Waals surface area (Å²) in [5.74, 6) is 2.88. The third-order valence-electron chi connectivity index (χ3n) is 7.85. The second kappa shape index (κ2) is 7.73. The number of fused-ring (bicyclic) bond motifs is 4. The van der Waals surface area contributed by atoms with Gasteiger partial charge in [0, 0.05) is 30.6 Å². The van der Waals surface area contributed by atoms with E-state index in [1.807, 2.05) is 35.2 Å². The van der Waals surface area contributed by atoms with Crippen LogP contribution in [0.1, 0.15) is 30.2 Å². The standard InChI is InChI=1S/C13H13NO2.C13H17NO/c15-12-10-6-9(10)11-7-16-13(14(11)12)8-4-2-1-3-5-8;15-9-13-12-6-11(12)8-14(13)7-10-4-2-1-3-5-10/h1-5,9-11,13H,6-7H2;1-5,11-13,15H,6-9H2/t9-,10+,11?,13?;11-,12-,13?/m00/s1. The number of nitrogens with zero attached hydrogens (tertiary/aromatic N) is 2. The van der Waals surface area contributed by atoms with Crippen molar-refractivity contribution in [2.24, 2.45) is 23.7 Å². The number of hydrogen-bond donors (Lipinski definition) is 1. The molecule has 5 nitrogen and oxygen atoms in total. The summed E-state index contributed by atoms with van der Waals surface area (Å²) in [7, 11) is 0. The Labute approximate surface area is 183 Å². The number of hydrogen-bond acceptors (Lipinski definition) is 4. The van der Waals surface area contributed by atoms with Gasteiger partial charge >= 0.3 is 0 Å². The highest BCUT2D eigenvalue weighted by Crippen LogP contribution is 2.55. The summed E-state index contributed by atoms with van der Waals surface area (Å²) >= 11 is 0. The largest absolute Gasteiger partial charge is 0.395 e. The van der Waals surface area contributed by atoms with Gasteiger partial charge in [-0.1, -0.05) is 60.7 Å². The molecule has 5 aliphatic rings. The van der Waals surface area contributed by atoms with E-state index in [4.69, 9.17) is 4.74 Å². The number of rotatable bonds is 4. The van der Waals surface area contributed by atoms with E-state index in [0.29, 0.717) is 43.0 Å². The van der Waals surface area contributed by atoms with Gasteiger partial charge in [0.25, 0.3) is 0 Å². The molecule has 0 spiro atoms. The molecule has 162 valence electrons. The second-order valence-corrected chi connectivity index (χ2v) is 9.74. The Morgan fingerprint density at radius 2 is 1.71 bits per heavy atom. The summed E-state index contributed by atoms with van der Waals surface area (Å²) in [5, 5.41) is 9.37. The first-order valence-corrected chi connectivity index (χ1v) is 11.6. The van der Waals surface area contributed by atoms with E-state index in [1.165, 1.54) is 18.5 Å². The van der Waals surface area contributed by atoms with Crippen LogP contribution in [0.4, 0.5) is 0 Å². The van der Waals surface area contributed by atoms with Gasteiger partial charge in [0.2, 0.25) is 5.91 Å². The summed E-state index contributed by atoms with van der Waals surface area (Å²) in [4.78, 5) is 16.5. The molecular formula is C26H30N2O3. The average molecular weight is 419 g/mol. The predicted octanol–water partition coefficient (Wildman–Crippen LogP) is 3.06. The molecular weight excluding hydrogens is 388 g/mol. The summed E-state index contributed by atoms with van der Waals surface area (Å²) in [5.41, 5.74) is 2.46. The molecule has 3 aliphatic heterocycles. The van der Waals surface area contributed by atoms with Crippen LogP contribution >= 0.6 is 0 Å². The normalized spacial score (nSPS) is 37.0. The molecule has 5 fully saturated rings. The van der Waals surface area contributed by atoms with Crippen molar-refractivity contribution in [2.45, 2.75) is 37.7 Å². The Morgan fingerprint density at radius 1 is 0.968 bits per heavy atom. The van der Waals surface area contributed by atoms with Crippen LogP contribution in [0.25, 0.3) is 0 Å². The number of piperidine rings is 2. The number of amides is 1. The number of carbonyl (C=O) groups excluding carboxylic acids is 1. The van der Waals surface area contributed by atoms with Crippen molar-refractivity contribution in [1.82, 2.24) is 9.80 Å². The highest BCUT2D eigenvalue weighted by molar-refractivity contribution is 5.86. The Hall–Kier alpha value is -2.21. The van der Waals surface area contributed by atoms with Gasteiger partial charge in [-0.2, -0.15) is 0 Å². The molecule has 7 atom stereocenters. The Kier molecular flexibility index (Phi) is 4.86. The minimum Gasteiger partial charge on any atom is -0.395 e. The lowest BCUT2D eigenvalue weighted by Crippen LogP contribution is -2.35. The van der Waals surface area contributed by atoms with Crippen molar-refractivity contribution in [2.75, 3.05) is 19.8 Å². The zero-order chi connectivity index (χ0) is 20.9. The number of carbonyl (C=O) groups is 1. The lowest BCUT2D eigenvalue weighted by molar-refractivity contribution is -0.136. The SMILES string of the molecule is O=C1[C@@H]2C[C@@H]2C2COC(c3ccccc3)N12.OCC1[C@H]2C[C@H]2CN1Cc1ccccc1. The van der Waals surface area contributed by atoms with Crippen LogP contribution in [-0.4, -0.2) is 52.7 Å². The number of aliphatic hydroxyl groups excluding tert-OH is 1. The van der Waals surface area contributed by atoms with Crippen molar-refractivity contribution >= 4 is 5.91 Å². The smallest absolute Gasteiger partial charge is 0.228 e. The van der Waals surface area contributed by atoms with Crippen LogP contribution < -0.4 is 0 Å². The molecule has 0 radical (unpaired) electrons. The van der Waals surface area contributed by atoms with Gasteiger partial charge in [0.15, 0.2) is 6.23 Å². The first-order chi connectivity index (χ1) is 15.2. The van der Waals surface area contributed by atoms with Crippen LogP contribution in [0.5, 0.6) is 0 Å². The van der Waals surface area contributed by atoms with E-state index in [2.05, 4.69) is 35.2 Å². The quantitative estimate of drug-likeness (QED) is 0.829. The Morgan fingerprint density at radius 3 is 2.45 bits per heavy atom. The molecule has 3 heterocycles. The summed E-state index contributed by atoms with van der Waals surface area (Å²) in [6.07, 6.45) is 2.30. The van der Waals surface area contributed by atoms with E-state index in [0.717, 1.165) is 30.4 Å². The molecule has 2 aromatic carbocycles. The van der Waals surface area contributed by atoms with Crippen LogP contribution in [0.15, 0.2) is 60.7 Å². The fraction of sp³-hybridized carbons (Fsp3) is 0.500. The zero-order valence-corrected chi connectivity index (χ0v) is 17.7. The van der Waals surface area contributed by atoms with E-state index in [-0.39, 0.29) is 6.23 Å². The highest BCUT2D eigenvalue weighted by atomic mass is 16.5. The fourth-order valence-corrected chi connectivity index (χ4v) is 6.03. The average Bonchev–Trinajstić information content (AvgIpc) is 3.66. The first-order valence-electron chi connectivity index (χ1n) is 11.6. The molecule has 2 aromatic rings. The molecule has 3 unspecified atom stereocenters. The zero-order valence-electron chi connectivity index (χ0n) is 17.7. The second-order valence-electron chi connectivity index (χ2n) is 9.74. The number of aliphatic hydroxyl groups is 1. The molecule has 7 rings (SSSR count). The topological polar surface area (TPSA) is 53.0 Å². The van der Waals surface area contributed by atoms with Crippen molar-refractivity contribution in [3.05, 3.63) is 71.8 Å². The van der Waals surface area contributed by atoms with Crippen molar-refractivity contribution < 1.29 is 14.6 Å². The van der Waals surface area contributed by atoms with Crippen LogP contribution in [0.3, 0.4) is 0 Å². The van der Waals surface area contributed by atoms with E-state index >= 15 is 0 Å².